The number of anilines is 2. The maximum Gasteiger partial charge on any atom is 0.0602 e. The normalized spacial score (nSPS) is 10.3. The molecule has 2 aromatic rings. The van der Waals surface area contributed by atoms with Crippen LogP contribution in [0, 0.1) is 6.92 Å². The van der Waals surface area contributed by atoms with E-state index in [2.05, 4.69) is 28.9 Å². The van der Waals surface area contributed by atoms with Gasteiger partial charge in [0.05, 0.1) is 12.2 Å². The Kier molecular flexibility index (Phi) is 3.82. The number of aryl methyl sites for hydroxylation is 1. The van der Waals surface area contributed by atoms with E-state index in [4.69, 9.17) is 5.73 Å². The lowest BCUT2D eigenvalue weighted by Gasteiger charge is -2.23. The van der Waals surface area contributed by atoms with Crippen molar-refractivity contribution >= 4 is 11.4 Å². The molecule has 1 heterocycles. The first-order valence-corrected chi connectivity index (χ1v) is 6.22. The predicted molar refractivity (Wildman–Crippen MR) is 76.6 cm³/mol. The molecule has 1 aromatic carbocycles. The van der Waals surface area contributed by atoms with Crippen molar-refractivity contribution in [1.82, 2.24) is 4.98 Å². The van der Waals surface area contributed by atoms with Gasteiger partial charge in [0.1, 0.15) is 0 Å². The van der Waals surface area contributed by atoms with Gasteiger partial charge in [0, 0.05) is 23.6 Å². The summed E-state index contributed by atoms with van der Waals surface area (Å²) in [5, 5.41) is 0. The number of benzene rings is 1. The van der Waals surface area contributed by atoms with Gasteiger partial charge in [-0.25, -0.2) is 0 Å². The van der Waals surface area contributed by atoms with Crippen LogP contribution in [-0.2, 0) is 6.54 Å². The van der Waals surface area contributed by atoms with Crippen LogP contribution in [0.3, 0.4) is 0 Å². The zero-order valence-corrected chi connectivity index (χ0v) is 10.9. The molecule has 2 N–H and O–H groups in total. The van der Waals surface area contributed by atoms with Gasteiger partial charge in [-0.2, -0.15) is 0 Å². The molecule has 3 heteroatoms. The number of rotatable bonds is 4. The van der Waals surface area contributed by atoms with Crippen LogP contribution in [0.15, 0.2) is 42.5 Å². The van der Waals surface area contributed by atoms with Crippen LogP contribution in [-0.4, -0.2) is 11.5 Å². The highest BCUT2D eigenvalue weighted by molar-refractivity contribution is 5.55. The second kappa shape index (κ2) is 5.54. The Morgan fingerprint density at radius 1 is 1.17 bits per heavy atom. The molecule has 0 saturated heterocycles. The fourth-order valence-corrected chi connectivity index (χ4v) is 1.99. The minimum absolute atomic E-state index is 0.795. The van der Waals surface area contributed by atoms with Gasteiger partial charge >= 0.3 is 0 Å². The summed E-state index contributed by atoms with van der Waals surface area (Å²) in [6.07, 6.45) is 0. The molecule has 0 radical (unpaired) electrons. The lowest BCUT2D eigenvalue weighted by atomic mass is 10.2. The van der Waals surface area contributed by atoms with E-state index in [0.29, 0.717) is 0 Å². The van der Waals surface area contributed by atoms with Crippen molar-refractivity contribution in [2.75, 3.05) is 17.2 Å². The number of nitrogens with two attached hydrogens (primary N) is 1. The van der Waals surface area contributed by atoms with Gasteiger partial charge in [0.15, 0.2) is 0 Å². The lowest BCUT2D eigenvalue weighted by molar-refractivity contribution is 0.806. The Labute approximate surface area is 108 Å². The maximum absolute atomic E-state index is 5.83. The Balaban J connectivity index is 2.19. The van der Waals surface area contributed by atoms with Crippen molar-refractivity contribution in [2.45, 2.75) is 20.4 Å². The van der Waals surface area contributed by atoms with Gasteiger partial charge < -0.3 is 10.6 Å². The maximum atomic E-state index is 5.83. The van der Waals surface area contributed by atoms with Crippen molar-refractivity contribution in [3.63, 3.8) is 0 Å². The average Bonchev–Trinajstić information content (AvgIpc) is 2.36. The Morgan fingerprint density at radius 2 is 1.94 bits per heavy atom. The molecule has 0 saturated carbocycles. The van der Waals surface area contributed by atoms with Crippen LogP contribution in [0.1, 0.15) is 18.3 Å². The topological polar surface area (TPSA) is 42.2 Å². The number of hydrogen-bond acceptors (Lipinski definition) is 3. The van der Waals surface area contributed by atoms with Crippen molar-refractivity contribution < 1.29 is 0 Å². The van der Waals surface area contributed by atoms with Crippen molar-refractivity contribution in [2.24, 2.45) is 0 Å². The number of nitrogen functional groups attached to an aromatic ring is 1. The Morgan fingerprint density at radius 3 is 2.61 bits per heavy atom. The van der Waals surface area contributed by atoms with Gasteiger partial charge in [0.2, 0.25) is 0 Å². The smallest absolute Gasteiger partial charge is 0.0602 e. The quantitative estimate of drug-likeness (QED) is 0.837. The summed E-state index contributed by atoms with van der Waals surface area (Å²) in [5.74, 6) is 0. The largest absolute Gasteiger partial charge is 0.399 e. The lowest BCUT2D eigenvalue weighted by Crippen LogP contribution is -2.22. The first-order valence-electron chi connectivity index (χ1n) is 6.22. The van der Waals surface area contributed by atoms with E-state index in [1.807, 2.05) is 37.3 Å². The van der Waals surface area contributed by atoms with E-state index in [9.17, 15) is 0 Å². The number of aromatic nitrogens is 1. The van der Waals surface area contributed by atoms with E-state index in [-0.39, 0.29) is 0 Å². The van der Waals surface area contributed by atoms with Gasteiger partial charge in [-0.1, -0.05) is 12.1 Å². The highest BCUT2D eigenvalue weighted by atomic mass is 15.1. The highest BCUT2D eigenvalue weighted by Crippen LogP contribution is 2.19. The molecule has 0 atom stereocenters. The predicted octanol–water partition coefficient (Wildman–Crippen LogP) is 3.00. The first kappa shape index (κ1) is 12.4. The van der Waals surface area contributed by atoms with E-state index in [1.165, 1.54) is 0 Å². The molecule has 94 valence electrons. The average molecular weight is 241 g/mol. The number of pyridine rings is 1. The molecule has 0 aliphatic rings. The molecule has 0 aliphatic carbocycles. The summed E-state index contributed by atoms with van der Waals surface area (Å²) in [4.78, 5) is 6.80. The summed E-state index contributed by atoms with van der Waals surface area (Å²) in [7, 11) is 0. The van der Waals surface area contributed by atoms with Crippen LogP contribution in [0.2, 0.25) is 0 Å². The molecule has 0 fully saturated rings. The molecule has 0 amide bonds. The third kappa shape index (κ3) is 3.00. The summed E-state index contributed by atoms with van der Waals surface area (Å²) >= 11 is 0. The van der Waals surface area contributed by atoms with Gasteiger partial charge in [-0.15, -0.1) is 0 Å². The van der Waals surface area contributed by atoms with Crippen LogP contribution >= 0.6 is 0 Å². The molecular formula is C15H19N3. The fraction of sp³-hybridized carbons (Fsp3) is 0.267. The molecule has 0 unspecified atom stereocenters. The van der Waals surface area contributed by atoms with E-state index in [1.54, 1.807) is 0 Å². The second-order valence-corrected chi connectivity index (χ2v) is 4.38. The molecular weight excluding hydrogens is 222 g/mol. The number of hydrogen-bond donors (Lipinski definition) is 1. The summed E-state index contributed by atoms with van der Waals surface area (Å²) in [6, 6.07) is 14.1. The van der Waals surface area contributed by atoms with E-state index >= 15 is 0 Å². The molecule has 1 aromatic heterocycles. The van der Waals surface area contributed by atoms with Crippen LogP contribution in [0.25, 0.3) is 0 Å². The molecule has 2 rings (SSSR count). The number of nitrogens with zero attached hydrogens (tertiary/aromatic N) is 2. The van der Waals surface area contributed by atoms with Gasteiger partial charge in [-0.05, 0) is 44.2 Å². The fourth-order valence-electron chi connectivity index (χ4n) is 1.99. The monoisotopic (exact) mass is 241 g/mol. The summed E-state index contributed by atoms with van der Waals surface area (Å²) in [5.41, 5.74) is 9.90. The van der Waals surface area contributed by atoms with Gasteiger partial charge in [-0.3, -0.25) is 4.98 Å². The van der Waals surface area contributed by atoms with E-state index < -0.39 is 0 Å². The second-order valence-electron chi connectivity index (χ2n) is 4.38. The van der Waals surface area contributed by atoms with Crippen LogP contribution in [0.5, 0.6) is 0 Å². The first-order chi connectivity index (χ1) is 8.69. The minimum Gasteiger partial charge on any atom is -0.399 e. The molecule has 0 spiro atoms. The molecule has 18 heavy (non-hydrogen) atoms. The van der Waals surface area contributed by atoms with Crippen LogP contribution < -0.4 is 10.6 Å². The minimum atomic E-state index is 0.795. The van der Waals surface area contributed by atoms with Gasteiger partial charge in [0.25, 0.3) is 0 Å². The summed E-state index contributed by atoms with van der Waals surface area (Å²) in [6.45, 7) is 5.89. The Bertz CT molecular complexity index is 523. The zero-order valence-electron chi connectivity index (χ0n) is 10.9. The summed E-state index contributed by atoms with van der Waals surface area (Å²) < 4.78 is 0. The standard InChI is InChI=1S/C15H19N3/c1-3-18(15-9-5-7-13(16)10-15)11-14-8-4-6-12(2)17-14/h4-10H,3,11,16H2,1-2H3. The molecule has 0 aliphatic heterocycles. The Hall–Kier alpha value is -2.03. The van der Waals surface area contributed by atoms with Crippen molar-refractivity contribution in [3.8, 4) is 0 Å². The van der Waals surface area contributed by atoms with Crippen LogP contribution in [0.4, 0.5) is 11.4 Å². The third-order valence-electron chi connectivity index (χ3n) is 2.92. The molecule has 3 nitrogen and oxygen atoms in total. The SMILES string of the molecule is CCN(Cc1cccc(C)n1)c1cccc(N)c1. The van der Waals surface area contributed by atoms with Crippen molar-refractivity contribution in [1.29, 1.82) is 0 Å². The highest BCUT2D eigenvalue weighted by Gasteiger charge is 2.06. The van der Waals surface area contributed by atoms with E-state index in [0.717, 1.165) is 35.9 Å². The van der Waals surface area contributed by atoms with Crippen molar-refractivity contribution in [3.05, 3.63) is 53.9 Å². The molecule has 0 bridgehead atoms. The zero-order chi connectivity index (χ0) is 13.0. The third-order valence-corrected chi connectivity index (χ3v) is 2.92.